The van der Waals surface area contributed by atoms with Crippen LogP contribution in [0.3, 0.4) is 0 Å². The van der Waals surface area contributed by atoms with Crippen molar-refractivity contribution >= 4 is 17.6 Å². The number of carboxylic acid groups (broad SMARTS) is 1. The van der Waals surface area contributed by atoms with E-state index in [2.05, 4.69) is 0 Å². The van der Waals surface area contributed by atoms with Crippen LogP contribution in [0.25, 0.3) is 0 Å². The summed E-state index contributed by atoms with van der Waals surface area (Å²) in [6.07, 6.45) is 0.784. The molecular formula is C5H9ClO2. The van der Waals surface area contributed by atoms with Crippen LogP contribution in [0.5, 0.6) is 0 Å². The molecule has 1 N–H and O–H groups in total. The van der Waals surface area contributed by atoms with Gasteiger partial charge in [-0.1, -0.05) is 6.92 Å². The third-order valence-corrected chi connectivity index (χ3v) is 1.30. The van der Waals surface area contributed by atoms with Gasteiger partial charge < -0.3 is 5.11 Å². The molecule has 1 atom stereocenters. The van der Waals surface area contributed by atoms with Gasteiger partial charge in [-0.25, -0.2) is 0 Å². The lowest BCUT2D eigenvalue weighted by Gasteiger charge is -1.98. The van der Waals surface area contributed by atoms with Crippen molar-refractivity contribution in [2.45, 2.75) is 25.1 Å². The Morgan fingerprint density at radius 3 is 2.50 bits per heavy atom. The van der Waals surface area contributed by atoms with E-state index in [-0.39, 0.29) is 11.8 Å². The van der Waals surface area contributed by atoms with Crippen molar-refractivity contribution < 1.29 is 9.90 Å². The SMILES string of the molecule is CC[C@@H](Cl)CC(=O)O. The molecular weight excluding hydrogens is 128 g/mol. The number of hydrogen-bond donors (Lipinski definition) is 1. The van der Waals surface area contributed by atoms with Crippen LogP contribution < -0.4 is 0 Å². The zero-order valence-corrected chi connectivity index (χ0v) is 5.48. The summed E-state index contributed by atoms with van der Waals surface area (Å²) >= 11 is 5.48. The monoisotopic (exact) mass is 136 g/mol. The lowest BCUT2D eigenvalue weighted by atomic mass is 10.2. The third kappa shape index (κ3) is 3.93. The second-order valence-electron chi connectivity index (χ2n) is 1.60. The highest BCUT2D eigenvalue weighted by Crippen LogP contribution is 2.04. The predicted molar refractivity (Wildman–Crippen MR) is 32.2 cm³/mol. The molecule has 0 unspecified atom stereocenters. The lowest BCUT2D eigenvalue weighted by Crippen LogP contribution is -2.04. The number of hydrogen-bond acceptors (Lipinski definition) is 1. The van der Waals surface area contributed by atoms with Crippen molar-refractivity contribution in [3.63, 3.8) is 0 Å². The summed E-state index contributed by atoms with van der Waals surface area (Å²) in [5, 5.41) is 7.93. The van der Waals surface area contributed by atoms with Crippen molar-refractivity contribution in [2.24, 2.45) is 0 Å². The van der Waals surface area contributed by atoms with Crippen LogP contribution in [-0.2, 0) is 4.79 Å². The van der Waals surface area contributed by atoms with Gasteiger partial charge in [0.2, 0.25) is 0 Å². The normalized spacial score (nSPS) is 13.2. The van der Waals surface area contributed by atoms with Crippen LogP contribution in [0.2, 0.25) is 0 Å². The first-order valence-electron chi connectivity index (χ1n) is 2.52. The molecule has 0 heterocycles. The molecule has 0 saturated carbocycles. The molecule has 48 valence electrons. The molecule has 0 spiro atoms. The molecule has 0 saturated heterocycles. The summed E-state index contributed by atoms with van der Waals surface area (Å²) in [4.78, 5) is 9.88. The number of aliphatic carboxylic acids is 1. The third-order valence-electron chi connectivity index (χ3n) is 0.839. The summed E-state index contributed by atoms with van der Waals surface area (Å²) in [5.41, 5.74) is 0. The van der Waals surface area contributed by atoms with Gasteiger partial charge in [0.15, 0.2) is 0 Å². The fraction of sp³-hybridized carbons (Fsp3) is 0.800. The molecule has 0 aliphatic rings. The van der Waals surface area contributed by atoms with E-state index in [0.29, 0.717) is 6.42 Å². The maximum atomic E-state index is 9.88. The van der Waals surface area contributed by atoms with E-state index in [1.54, 1.807) is 0 Å². The van der Waals surface area contributed by atoms with Gasteiger partial charge in [-0.2, -0.15) is 0 Å². The highest BCUT2D eigenvalue weighted by Gasteiger charge is 2.05. The number of rotatable bonds is 3. The van der Waals surface area contributed by atoms with Crippen molar-refractivity contribution in [3.05, 3.63) is 0 Å². The second-order valence-corrected chi connectivity index (χ2v) is 2.22. The Labute approximate surface area is 53.5 Å². The molecule has 2 nitrogen and oxygen atoms in total. The maximum absolute atomic E-state index is 9.88. The Hall–Kier alpha value is -0.240. The maximum Gasteiger partial charge on any atom is 0.304 e. The standard InChI is InChI=1S/C5H9ClO2/c1-2-4(6)3-5(7)8/h4H,2-3H2,1H3,(H,7,8)/t4-/m1/s1. The van der Waals surface area contributed by atoms with E-state index >= 15 is 0 Å². The van der Waals surface area contributed by atoms with E-state index in [1.807, 2.05) is 6.92 Å². The molecule has 0 aromatic rings. The van der Waals surface area contributed by atoms with Crippen molar-refractivity contribution in [1.82, 2.24) is 0 Å². The van der Waals surface area contributed by atoms with E-state index in [0.717, 1.165) is 0 Å². The first-order valence-corrected chi connectivity index (χ1v) is 2.96. The van der Waals surface area contributed by atoms with Crippen molar-refractivity contribution in [3.8, 4) is 0 Å². The van der Waals surface area contributed by atoms with Crippen molar-refractivity contribution in [2.75, 3.05) is 0 Å². The molecule has 0 aromatic heterocycles. The topological polar surface area (TPSA) is 37.3 Å². The van der Waals surface area contributed by atoms with Gasteiger partial charge >= 0.3 is 5.97 Å². The summed E-state index contributed by atoms with van der Waals surface area (Å²) in [6.45, 7) is 1.86. The molecule has 0 rings (SSSR count). The average molecular weight is 137 g/mol. The minimum absolute atomic E-state index is 0.0675. The first kappa shape index (κ1) is 7.76. The van der Waals surface area contributed by atoms with E-state index in [1.165, 1.54) is 0 Å². The molecule has 8 heavy (non-hydrogen) atoms. The Kier molecular flexibility index (Phi) is 3.61. The van der Waals surface area contributed by atoms with Crippen LogP contribution in [-0.4, -0.2) is 16.5 Å². The quantitative estimate of drug-likeness (QED) is 0.597. The molecule has 0 aliphatic heterocycles. The Morgan fingerprint density at radius 1 is 1.88 bits per heavy atom. The molecule has 0 aliphatic carbocycles. The zero-order chi connectivity index (χ0) is 6.57. The van der Waals surface area contributed by atoms with Crippen LogP contribution in [0.1, 0.15) is 19.8 Å². The summed E-state index contributed by atoms with van der Waals surface area (Å²) in [6, 6.07) is 0. The van der Waals surface area contributed by atoms with Gasteiger partial charge in [0.25, 0.3) is 0 Å². The van der Waals surface area contributed by atoms with Crippen LogP contribution in [0.15, 0.2) is 0 Å². The van der Waals surface area contributed by atoms with Crippen LogP contribution >= 0.6 is 11.6 Å². The Bertz CT molecular complexity index is 82.5. The second kappa shape index (κ2) is 3.72. The molecule has 3 heteroatoms. The predicted octanol–water partition coefficient (Wildman–Crippen LogP) is 1.48. The lowest BCUT2D eigenvalue weighted by molar-refractivity contribution is -0.137. The number of halogens is 1. The smallest absolute Gasteiger partial charge is 0.304 e. The Balaban J connectivity index is 3.24. The van der Waals surface area contributed by atoms with E-state index in [4.69, 9.17) is 16.7 Å². The van der Waals surface area contributed by atoms with Gasteiger partial charge in [-0.3, -0.25) is 4.79 Å². The average Bonchev–Trinajstić information content (AvgIpc) is 1.65. The Morgan fingerprint density at radius 2 is 2.38 bits per heavy atom. The first-order chi connectivity index (χ1) is 3.66. The fourth-order valence-electron chi connectivity index (χ4n) is 0.334. The van der Waals surface area contributed by atoms with Gasteiger partial charge in [0.05, 0.1) is 6.42 Å². The number of carbonyl (C=O) groups is 1. The minimum Gasteiger partial charge on any atom is -0.481 e. The molecule has 0 radical (unpaired) electrons. The summed E-state index contributed by atoms with van der Waals surface area (Å²) in [5.74, 6) is -0.827. The van der Waals surface area contributed by atoms with E-state index in [9.17, 15) is 4.79 Å². The fourth-order valence-corrected chi connectivity index (χ4v) is 0.466. The number of alkyl halides is 1. The highest BCUT2D eigenvalue weighted by molar-refractivity contribution is 6.21. The molecule has 0 aromatic carbocycles. The van der Waals surface area contributed by atoms with Gasteiger partial charge in [0.1, 0.15) is 0 Å². The van der Waals surface area contributed by atoms with Gasteiger partial charge in [0, 0.05) is 5.38 Å². The van der Waals surface area contributed by atoms with Crippen LogP contribution in [0, 0.1) is 0 Å². The number of carboxylic acids is 1. The largest absolute Gasteiger partial charge is 0.481 e. The molecule has 0 bridgehead atoms. The van der Waals surface area contributed by atoms with Gasteiger partial charge in [-0.15, -0.1) is 11.6 Å². The van der Waals surface area contributed by atoms with Gasteiger partial charge in [-0.05, 0) is 6.42 Å². The van der Waals surface area contributed by atoms with Crippen LogP contribution in [0.4, 0.5) is 0 Å². The van der Waals surface area contributed by atoms with E-state index < -0.39 is 5.97 Å². The van der Waals surface area contributed by atoms with Crippen molar-refractivity contribution in [1.29, 1.82) is 0 Å². The molecule has 0 amide bonds. The zero-order valence-electron chi connectivity index (χ0n) is 4.72. The highest BCUT2D eigenvalue weighted by atomic mass is 35.5. The molecule has 0 fully saturated rings. The summed E-state index contributed by atoms with van der Waals surface area (Å²) < 4.78 is 0. The summed E-state index contributed by atoms with van der Waals surface area (Å²) in [7, 11) is 0. The minimum atomic E-state index is -0.827.